The molecular formula is C10H6F3NO3S. The van der Waals surface area contributed by atoms with E-state index in [0.717, 1.165) is 10.9 Å². The predicted molar refractivity (Wildman–Crippen MR) is 58.2 cm³/mol. The minimum atomic E-state index is -4.86. The van der Waals surface area contributed by atoms with Gasteiger partial charge in [-0.05, 0) is 24.3 Å². The Morgan fingerprint density at radius 2 is 2.00 bits per heavy atom. The van der Waals surface area contributed by atoms with E-state index in [1.807, 2.05) is 0 Å². The number of hydrogen-bond acceptors (Lipinski definition) is 5. The van der Waals surface area contributed by atoms with Crippen molar-refractivity contribution in [2.45, 2.75) is 6.36 Å². The molecule has 1 aromatic heterocycles. The van der Waals surface area contributed by atoms with E-state index in [-0.39, 0.29) is 12.3 Å². The van der Waals surface area contributed by atoms with E-state index in [9.17, 15) is 13.2 Å². The summed E-state index contributed by atoms with van der Waals surface area (Å²) in [4.78, 5) is 7.15. The van der Waals surface area contributed by atoms with E-state index in [0.29, 0.717) is 5.75 Å². The van der Waals surface area contributed by atoms with Gasteiger partial charge in [-0.15, -0.1) is 22.4 Å². The highest BCUT2D eigenvalue weighted by molar-refractivity contribution is 7.90. The molecule has 0 N–H and O–H groups in total. The minimum absolute atomic E-state index is 0.0791. The zero-order valence-corrected chi connectivity index (χ0v) is 9.49. The van der Waals surface area contributed by atoms with Crippen LogP contribution in [-0.4, -0.2) is 11.3 Å². The van der Waals surface area contributed by atoms with E-state index >= 15 is 0 Å². The fraction of sp³-hybridized carbons (Fsp3) is 0.100. The van der Waals surface area contributed by atoms with Crippen LogP contribution in [0.5, 0.6) is 5.75 Å². The summed E-state index contributed by atoms with van der Waals surface area (Å²) >= 11 is 0.0791. The summed E-state index contributed by atoms with van der Waals surface area (Å²) in [6.45, 7) is 0. The third-order valence-electron chi connectivity index (χ3n) is 1.86. The third kappa shape index (κ3) is 3.76. The largest absolute Gasteiger partial charge is 0.550 e. The molecule has 0 aliphatic heterocycles. The molecule has 4 nitrogen and oxygen atoms in total. The Balaban J connectivity index is 1.92. The van der Waals surface area contributed by atoms with Crippen molar-refractivity contribution in [1.82, 2.24) is 4.98 Å². The van der Waals surface area contributed by atoms with Gasteiger partial charge in [-0.1, -0.05) is 6.07 Å². The lowest BCUT2D eigenvalue weighted by Gasteiger charge is -2.05. The first-order valence-electron chi connectivity index (χ1n) is 4.65. The number of rotatable bonds is 4. The molecule has 0 bridgehead atoms. The van der Waals surface area contributed by atoms with Crippen LogP contribution in [0.4, 0.5) is 13.2 Å². The molecule has 0 atom stereocenters. The second-order valence-electron chi connectivity index (χ2n) is 3.11. The van der Waals surface area contributed by atoms with Gasteiger partial charge in [-0.25, -0.2) is 0 Å². The molecule has 0 unspecified atom stereocenters. The number of benzene rings is 1. The van der Waals surface area contributed by atoms with Gasteiger partial charge in [-0.2, -0.15) is 0 Å². The van der Waals surface area contributed by atoms with Crippen molar-refractivity contribution < 1.29 is 26.6 Å². The number of hydrogen-bond donors (Lipinski definition) is 0. The van der Waals surface area contributed by atoms with Gasteiger partial charge in [0.2, 0.25) is 0 Å². The molecule has 8 heteroatoms. The average molecular weight is 277 g/mol. The Labute approximate surface area is 104 Å². The zero-order valence-electron chi connectivity index (χ0n) is 8.68. The number of alkyl halides is 3. The second-order valence-corrected chi connectivity index (χ2v) is 3.55. The molecule has 0 saturated heterocycles. The number of nitrogens with zero attached hydrogens (tertiary/aromatic N) is 1. The molecule has 0 aliphatic carbocycles. The van der Waals surface area contributed by atoms with E-state index in [1.54, 1.807) is 36.5 Å². The molecular weight excluding hydrogens is 271 g/mol. The van der Waals surface area contributed by atoms with E-state index in [2.05, 4.69) is 14.2 Å². The fourth-order valence-corrected chi connectivity index (χ4v) is 1.53. The van der Waals surface area contributed by atoms with Crippen molar-refractivity contribution in [2.24, 2.45) is 0 Å². The summed E-state index contributed by atoms with van der Waals surface area (Å²) < 4.78 is 43.3. The Morgan fingerprint density at radius 1 is 1.17 bits per heavy atom. The summed E-state index contributed by atoms with van der Waals surface area (Å²) in [5.41, 5.74) is 0.752. The van der Waals surface area contributed by atoms with Crippen molar-refractivity contribution in [2.75, 3.05) is 0 Å². The molecule has 0 spiro atoms. The van der Waals surface area contributed by atoms with Gasteiger partial charge in [0, 0.05) is 11.6 Å². The van der Waals surface area contributed by atoms with Crippen LogP contribution < -0.4 is 4.18 Å². The molecule has 0 aliphatic rings. The van der Waals surface area contributed by atoms with Crippen molar-refractivity contribution in [3.8, 4) is 5.75 Å². The van der Waals surface area contributed by atoms with Gasteiger partial charge >= 0.3 is 6.36 Å². The van der Waals surface area contributed by atoms with Crippen LogP contribution in [0.15, 0.2) is 36.5 Å². The standard InChI is InChI=1S/C10H6F3NO3S/c11-10(12,13)16-17-18-15-8-3-4-9-7(6-8)2-1-5-14-9/h1-6H. The quantitative estimate of drug-likeness (QED) is 0.369. The average Bonchev–Trinajstić information content (AvgIpc) is 2.33. The van der Waals surface area contributed by atoms with E-state index in [1.165, 1.54) is 0 Å². The molecule has 0 fully saturated rings. The first-order chi connectivity index (χ1) is 8.54. The Morgan fingerprint density at radius 3 is 2.78 bits per heavy atom. The normalized spacial score (nSPS) is 11.7. The summed E-state index contributed by atoms with van der Waals surface area (Å²) in [6, 6.07) is 8.39. The van der Waals surface area contributed by atoms with Crippen LogP contribution in [0.25, 0.3) is 10.9 Å². The maximum absolute atomic E-state index is 11.6. The maximum atomic E-state index is 11.6. The lowest BCUT2D eigenvalue weighted by molar-refractivity contribution is -0.441. The van der Waals surface area contributed by atoms with Crippen molar-refractivity contribution in [3.05, 3.63) is 36.5 Å². The van der Waals surface area contributed by atoms with Gasteiger partial charge in [0.25, 0.3) is 12.3 Å². The highest BCUT2D eigenvalue weighted by Crippen LogP contribution is 2.24. The first-order valence-corrected chi connectivity index (χ1v) is 5.32. The highest BCUT2D eigenvalue weighted by Gasteiger charge is 2.31. The van der Waals surface area contributed by atoms with Crippen LogP contribution in [0, 0.1) is 0 Å². The van der Waals surface area contributed by atoms with Crippen LogP contribution in [0.2, 0.25) is 0 Å². The van der Waals surface area contributed by atoms with Gasteiger partial charge in [-0.3, -0.25) is 4.98 Å². The molecule has 1 heterocycles. The lowest BCUT2D eigenvalue weighted by atomic mass is 10.2. The van der Waals surface area contributed by atoms with Gasteiger partial charge in [0.1, 0.15) is 5.75 Å². The van der Waals surface area contributed by atoms with E-state index in [4.69, 9.17) is 4.18 Å². The van der Waals surface area contributed by atoms with Crippen LogP contribution in [-0.2, 0) is 9.22 Å². The smallest absolute Gasteiger partial charge is 0.399 e. The fourth-order valence-electron chi connectivity index (χ4n) is 1.21. The number of aromatic nitrogens is 1. The predicted octanol–water partition coefficient (Wildman–Crippen LogP) is 3.64. The molecule has 2 rings (SSSR count). The SMILES string of the molecule is FC(F)(F)OOSOc1ccc2ncccc2c1. The Bertz CT molecular complexity index is 535. The van der Waals surface area contributed by atoms with Crippen molar-refractivity contribution in [3.63, 3.8) is 0 Å². The topological polar surface area (TPSA) is 40.6 Å². The van der Waals surface area contributed by atoms with Gasteiger partial charge < -0.3 is 4.18 Å². The first kappa shape index (κ1) is 12.9. The second kappa shape index (κ2) is 5.42. The zero-order chi connectivity index (χ0) is 13.0. The van der Waals surface area contributed by atoms with Crippen LogP contribution >= 0.6 is 12.3 Å². The number of halogens is 3. The summed E-state index contributed by atoms with van der Waals surface area (Å²) in [5, 5.41) is 0.798. The molecule has 0 amide bonds. The maximum Gasteiger partial charge on any atom is 0.550 e. The number of pyridine rings is 1. The Kier molecular flexibility index (Phi) is 3.90. The van der Waals surface area contributed by atoms with Crippen molar-refractivity contribution in [1.29, 1.82) is 0 Å². The number of fused-ring (bicyclic) bond motifs is 1. The van der Waals surface area contributed by atoms with Gasteiger partial charge in [0.15, 0.2) is 0 Å². The minimum Gasteiger partial charge on any atom is -0.399 e. The third-order valence-corrected chi connectivity index (χ3v) is 2.25. The highest BCUT2D eigenvalue weighted by atomic mass is 32.2. The molecule has 96 valence electrons. The molecule has 2 aromatic rings. The Hall–Kier alpha value is -1.51. The van der Waals surface area contributed by atoms with Gasteiger partial charge in [0.05, 0.1) is 5.52 Å². The van der Waals surface area contributed by atoms with E-state index < -0.39 is 6.36 Å². The summed E-state index contributed by atoms with van der Waals surface area (Å²) in [5.74, 6) is 0.325. The van der Waals surface area contributed by atoms with Crippen LogP contribution in [0.1, 0.15) is 0 Å². The summed E-state index contributed by atoms with van der Waals surface area (Å²) in [7, 11) is 0. The monoisotopic (exact) mass is 277 g/mol. The van der Waals surface area contributed by atoms with Crippen molar-refractivity contribution >= 4 is 23.2 Å². The molecule has 0 saturated carbocycles. The van der Waals surface area contributed by atoms with Crippen LogP contribution in [0.3, 0.4) is 0 Å². The molecule has 0 radical (unpaired) electrons. The summed E-state index contributed by atoms with van der Waals surface area (Å²) in [6.07, 6.45) is -3.22. The molecule has 18 heavy (non-hydrogen) atoms. The molecule has 1 aromatic carbocycles. The lowest BCUT2D eigenvalue weighted by Crippen LogP contribution is -2.11.